The molecule has 0 amide bonds. The summed E-state index contributed by atoms with van der Waals surface area (Å²) in [5, 5.41) is 24.0. The van der Waals surface area contributed by atoms with Crippen molar-refractivity contribution in [3.8, 4) is 0 Å². The Balaban J connectivity index is 1.81. The first-order chi connectivity index (χ1) is 15.4. The summed E-state index contributed by atoms with van der Waals surface area (Å²) >= 11 is 0. The highest BCUT2D eigenvalue weighted by Gasteiger charge is 2.85. The second-order valence-electron chi connectivity index (χ2n) is 10.6. The standard InChI is InChI=1S/C24H36O9/c1-14-19(27)20(28)22(12-31-15(2)25)23(13-32-23)18(33-16(3)26)6-9-24(22,29)21(14,4)8-5-17-7-10-30-11-17/h14,17-18,20,28-29H,5-13H2,1-4H3/t14-,17-,18+,20+,21+,22+,23-,24+/m1/s1. The summed E-state index contributed by atoms with van der Waals surface area (Å²) in [5.41, 5.74) is -5.50. The molecule has 0 unspecified atom stereocenters. The van der Waals surface area contributed by atoms with E-state index in [-0.39, 0.29) is 13.0 Å². The molecule has 4 fully saturated rings. The number of Topliss-reactive ketones (excluding diaryl/α,β-unsaturated/α-hetero) is 1. The van der Waals surface area contributed by atoms with E-state index in [1.54, 1.807) is 6.92 Å². The number of ether oxygens (including phenoxy) is 4. The Labute approximate surface area is 194 Å². The summed E-state index contributed by atoms with van der Waals surface area (Å²) in [6.07, 6.45) is 0.302. The number of aliphatic hydroxyl groups is 2. The molecule has 33 heavy (non-hydrogen) atoms. The second-order valence-corrected chi connectivity index (χ2v) is 10.6. The molecule has 0 radical (unpaired) electrons. The summed E-state index contributed by atoms with van der Waals surface area (Å²) in [5.74, 6) is -1.83. The van der Waals surface area contributed by atoms with Crippen LogP contribution in [0.25, 0.3) is 0 Å². The number of epoxide rings is 1. The molecule has 0 bridgehead atoms. The highest BCUT2D eigenvalue weighted by Crippen LogP contribution is 2.70. The number of esters is 2. The summed E-state index contributed by atoms with van der Waals surface area (Å²) in [4.78, 5) is 37.2. The monoisotopic (exact) mass is 468 g/mol. The maximum absolute atomic E-state index is 13.5. The lowest BCUT2D eigenvalue weighted by molar-refractivity contribution is -0.305. The van der Waals surface area contributed by atoms with Gasteiger partial charge in [0.15, 0.2) is 5.78 Å². The zero-order valence-corrected chi connectivity index (χ0v) is 19.9. The van der Waals surface area contributed by atoms with Crippen molar-refractivity contribution in [2.45, 2.75) is 83.2 Å². The first-order valence-electron chi connectivity index (χ1n) is 11.9. The van der Waals surface area contributed by atoms with Crippen LogP contribution in [0.4, 0.5) is 0 Å². The Morgan fingerprint density at radius 2 is 1.91 bits per heavy atom. The number of hydrogen-bond donors (Lipinski definition) is 2. The normalized spacial score (nSPS) is 46.7. The third-order valence-electron chi connectivity index (χ3n) is 9.21. The van der Waals surface area contributed by atoms with Crippen molar-refractivity contribution in [1.29, 1.82) is 0 Å². The van der Waals surface area contributed by atoms with Gasteiger partial charge in [-0.1, -0.05) is 13.8 Å². The maximum Gasteiger partial charge on any atom is 0.303 e. The van der Waals surface area contributed by atoms with Gasteiger partial charge in [0.2, 0.25) is 0 Å². The quantitative estimate of drug-likeness (QED) is 0.435. The lowest BCUT2D eigenvalue weighted by Crippen LogP contribution is -2.81. The van der Waals surface area contributed by atoms with Gasteiger partial charge < -0.3 is 29.2 Å². The van der Waals surface area contributed by atoms with Gasteiger partial charge in [-0.3, -0.25) is 14.4 Å². The van der Waals surface area contributed by atoms with Gasteiger partial charge in [-0.15, -0.1) is 0 Å². The van der Waals surface area contributed by atoms with Crippen LogP contribution in [-0.2, 0) is 33.3 Å². The van der Waals surface area contributed by atoms with Crippen LogP contribution in [-0.4, -0.2) is 77.8 Å². The smallest absolute Gasteiger partial charge is 0.303 e. The Hall–Kier alpha value is -1.55. The molecule has 4 aliphatic rings. The van der Waals surface area contributed by atoms with Crippen molar-refractivity contribution < 1.29 is 43.5 Å². The highest BCUT2D eigenvalue weighted by molar-refractivity contribution is 5.89. The van der Waals surface area contributed by atoms with Crippen LogP contribution in [0.15, 0.2) is 0 Å². The molecule has 8 atom stereocenters. The van der Waals surface area contributed by atoms with E-state index in [4.69, 9.17) is 18.9 Å². The number of carbonyl (C=O) groups is 3. The zero-order valence-electron chi connectivity index (χ0n) is 19.9. The molecule has 2 aliphatic heterocycles. The van der Waals surface area contributed by atoms with Gasteiger partial charge in [0.1, 0.15) is 29.8 Å². The number of rotatable bonds is 6. The van der Waals surface area contributed by atoms with Gasteiger partial charge >= 0.3 is 11.9 Å². The molecule has 2 saturated carbocycles. The first kappa shape index (κ1) is 24.6. The molecule has 2 aliphatic carbocycles. The van der Waals surface area contributed by atoms with E-state index in [0.717, 1.165) is 12.8 Å². The Morgan fingerprint density at radius 1 is 1.21 bits per heavy atom. The Kier molecular flexibility index (Phi) is 6.17. The van der Waals surface area contributed by atoms with Gasteiger partial charge in [0.05, 0.1) is 12.2 Å². The van der Waals surface area contributed by atoms with Crippen molar-refractivity contribution >= 4 is 17.7 Å². The van der Waals surface area contributed by atoms with Crippen LogP contribution in [0, 0.1) is 22.7 Å². The van der Waals surface area contributed by atoms with E-state index in [2.05, 4.69) is 0 Å². The van der Waals surface area contributed by atoms with Gasteiger partial charge in [-0.25, -0.2) is 0 Å². The van der Waals surface area contributed by atoms with Crippen molar-refractivity contribution in [3.63, 3.8) is 0 Å². The summed E-state index contributed by atoms with van der Waals surface area (Å²) in [6, 6.07) is 0. The fourth-order valence-electron chi connectivity index (χ4n) is 6.99. The lowest BCUT2D eigenvalue weighted by Gasteiger charge is -2.67. The van der Waals surface area contributed by atoms with Crippen LogP contribution in [0.5, 0.6) is 0 Å². The predicted octanol–water partition coefficient (Wildman–Crippen LogP) is 1.16. The lowest BCUT2D eigenvalue weighted by atomic mass is 9.39. The second kappa shape index (κ2) is 8.29. The van der Waals surface area contributed by atoms with Crippen molar-refractivity contribution in [3.05, 3.63) is 0 Å². The van der Waals surface area contributed by atoms with E-state index in [9.17, 15) is 24.6 Å². The molecule has 9 heteroatoms. The number of carbonyl (C=O) groups excluding carboxylic acids is 3. The van der Waals surface area contributed by atoms with Crippen LogP contribution in [0.2, 0.25) is 0 Å². The van der Waals surface area contributed by atoms with Crippen molar-refractivity contribution in [2.75, 3.05) is 26.4 Å². The molecule has 186 valence electrons. The Morgan fingerprint density at radius 3 is 2.45 bits per heavy atom. The third kappa shape index (κ3) is 3.38. The number of fused-ring (bicyclic) bond motifs is 2. The first-order valence-corrected chi connectivity index (χ1v) is 11.9. The topological polar surface area (TPSA) is 132 Å². The molecular formula is C24H36O9. The molecule has 9 nitrogen and oxygen atoms in total. The molecule has 2 saturated heterocycles. The van der Waals surface area contributed by atoms with Crippen LogP contribution < -0.4 is 0 Å². The largest absolute Gasteiger partial charge is 0.465 e. The van der Waals surface area contributed by atoms with Crippen molar-refractivity contribution in [1.82, 2.24) is 0 Å². The molecule has 2 N–H and O–H groups in total. The molecule has 0 aromatic heterocycles. The molecule has 0 aromatic carbocycles. The van der Waals surface area contributed by atoms with E-state index < -0.39 is 64.5 Å². The fourth-order valence-corrected chi connectivity index (χ4v) is 6.99. The van der Waals surface area contributed by atoms with Gasteiger partial charge in [0.25, 0.3) is 0 Å². The Bertz CT molecular complexity index is 817. The number of hydrogen-bond acceptors (Lipinski definition) is 9. The molecule has 4 rings (SSSR count). The van der Waals surface area contributed by atoms with E-state index >= 15 is 0 Å². The van der Waals surface area contributed by atoms with Gasteiger partial charge in [0, 0.05) is 38.4 Å². The van der Waals surface area contributed by atoms with E-state index in [1.165, 1.54) is 13.8 Å². The van der Waals surface area contributed by atoms with Crippen LogP contribution in [0.3, 0.4) is 0 Å². The fraction of sp³-hybridized carbons (Fsp3) is 0.875. The average Bonchev–Trinajstić information content (AvgIpc) is 3.37. The summed E-state index contributed by atoms with van der Waals surface area (Å²) in [7, 11) is 0. The zero-order chi connectivity index (χ0) is 24.2. The molecule has 1 spiro atoms. The summed E-state index contributed by atoms with van der Waals surface area (Å²) in [6.45, 7) is 7.20. The van der Waals surface area contributed by atoms with E-state index in [0.29, 0.717) is 32.0 Å². The minimum absolute atomic E-state index is 0.0831. The average molecular weight is 469 g/mol. The number of ketones is 1. The van der Waals surface area contributed by atoms with Crippen molar-refractivity contribution in [2.24, 2.45) is 22.7 Å². The van der Waals surface area contributed by atoms with Gasteiger partial charge in [-0.05, 0) is 38.0 Å². The summed E-state index contributed by atoms with van der Waals surface area (Å²) < 4.78 is 22.4. The number of aliphatic hydroxyl groups excluding tert-OH is 1. The third-order valence-corrected chi connectivity index (χ3v) is 9.21. The minimum atomic E-state index is -1.66. The van der Waals surface area contributed by atoms with Crippen LogP contribution in [0.1, 0.15) is 59.8 Å². The SMILES string of the molecule is CC(=O)OC[C@@]12[C@@H](O)C(=O)[C@@H](C)[C@](C)(CC[C@@H]3CCOC3)[C@@]1(O)CC[C@H](OC(C)=O)[C@]21CO1. The molecule has 2 heterocycles. The molecular weight excluding hydrogens is 432 g/mol. The van der Waals surface area contributed by atoms with Crippen LogP contribution >= 0.6 is 0 Å². The molecule has 0 aromatic rings. The van der Waals surface area contributed by atoms with Gasteiger partial charge in [-0.2, -0.15) is 0 Å². The minimum Gasteiger partial charge on any atom is -0.465 e. The maximum atomic E-state index is 13.5. The van der Waals surface area contributed by atoms with E-state index in [1.807, 2.05) is 6.92 Å². The predicted molar refractivity (Wildman–Crippen MR) is 114 cm³/mol. The highest BCUT2D eigenvalue weighted by atomic mass is 16.6.